The molecule has 2 aliphatic carbocycles. The number of carbonyl (C=O) groups excluding carboxylic acids is 1. The molecule has 3 fully saturated rings. The van der Waals surface area contributed by atoms with E-state index in [4.69, 9.17) is 0 Å². The molecule has 0 N–H and O–H groups in total. The zero-order valence-electron chi connectivity index (χ0n) is 14.8. The average Bonchev–Trinajstić information content (AvgIpc) is 3.24. The van der Waals surface area contributed by atoms with Gasteiger partial charge in [0.2, 0.25) is 5.91 Å². The number of rotatable bonds is 3. The van der Waals surface area contributed by atoms with E-state index in [1.54, 1.807) is 6.07 Å². The molecule has 0 spiro atoms. The molecule has 142 valence electrons. The van der Waals surface area contributed by atoms with Crippen molar-refractivity contribution < 1.29 is 18.0 Å². The predicted molar refractivity (Wildman–Crippen MR) is 93.8 cm³/mol. The standard InChI is InChI=1S/C20H25F3N2O/c21-20(22,23)17-2-1-3-18(13-17)24-6-8-25(9-7-24)19(26)12-16-11-14-4-5-15(16)10-14/h1-3,13-16H,4-12H2. The Bertz CT molecular complexity index is 667. The number of carbonyl (C=O) groups is 1. The van der Waals surface area contributed by atoms with Crippen LogP contribution >= 0.6 is 0 Å². The smallest absolute Gasteiger partial charge is 0.368 e. The summed E-state index contributed by atoms with van der Waals surface area (Å²) in [6, 6.07) is 5.46. The highest BCUT2D eigenvalue weighted by atomic mass is 19.4. The summed E-state index contributed by atoms with van der Waals surface area (Å²) in [5.41, 5.74) is -0.0372. The fraction of sp³-hybridized carbons (Fsp3) is 0.650. The summed E-state index contributed by atoms with van der Waals surface area (Å²) in [7, 11) is 0. The van der Waals surface area contributed by atoms with Crippen LogP contribution in [0.25, 0.3) is 0 Å². The quantitative estimate of drug-likeness (QED) is 0.801. The lowest BCUT2D eigenvalue weighted by Gasteiger charge is -2.37. The predicted octanol–water partition coefficient (Wildman–Crippen LogP) is 4.18. The summed E-state index contributed by atoms with van der Waals surface area (Å²) in [6.45, 7) is 2.36. The van der Waals surface area contributed by atoms with Crippen LogP contribution in [0.2, 0.25) is 0 Å². The van der Waals surface area contributed by atoms with Gasteiger partial charge in [0, 0.05) is 38.3 Å². The van der Waals surface area contributed by atoms with Gasteiger partial charge >= 0.3 is 6.18 Å². The van der Waals surface area contributed by atoms with Crippen LogP contribution < -0.4 is 4.90 Å². The van der Waals surface area contributed by atoms with Crippen LogP contribution in [0.4, 0.5) is 18.9 Å². The minimum absolute atomic E-state index is 0.228. The minimum Gasteiger partial charge on any atom is -0.368 e. The van der Waals surface area contributed by atoms with Crippen LogP contribution in [0.5, 0.6) is 0 Å². The maximum Gasteiger partial charge on any atom is 0.416 e. The Morgan fingerprint density at radius 2 is 1.85 bits per heavy atom. The van der Waals surface area contributed by atoms with E-state index in [1.165, 1.54) is 37.8 Å². The number of amides is 1. The van der Waals surface area contributed by atoms with Crippen LogP contribution in [-0.4, -0.2) is 37.0 Å². The molecule has 3 unspecified atom stereocenters. The Labute approximate surface area is 152 Å². The zero-order chi connectivity index (χ0) is 18.3. The number of piperazine rings is 1. The molecular weight excluding hydrogens is 341 g/mol. The van der Waals surface area contributed by atoms with Crippen molar-refractivity contribution >= 4 is 11.6 Å². The molecule has 3 atom stereocenters. The number of hydrogen-bond acceptors (Lipinski definition) is 2. The van der Waals surface area contributed by atoms with Crippen molar-refractivity contribution in [3.05, 3.63) is 29.8 Å². The van der Waals surface area contributed by atoms with Crippen LogP contribution in [0.15, 0.2) is 24.3 Å². The van der Waals surface area contributed by atoms with Gasteiger partial charge in [-0.15, -0.1) is 0 Å². The fourth-order valence-corrected chi connectivity index (χ4v) is 5.07. The van der Waals surface area contributed by atoms with E-state index in [0.717, 1.165) is 17.9 Å². The molecule has 0 aromatic heterocycles. The lowest BCUT2D eigenvalue weighted by molar-refractivity contribution is -0.137. The van der Waals surface area contributed by atoms with Crippen molar-refractivity contribution in [2.24, 2.45) is 17.8 Å². The third kappa shape index (κ3) is 3.55. The number of nitrogens with zero attached hydrogens (tertiary/aromatic N) is 2. The van der Waals surface area contributed by atoms with Gasteiger partial charge in [-0.05, 0) is 55.2 Å². The summed E-state index contributed by atoms with van der Waals surface area (Å²) < 4.78 is 38.7. The van der Waals surface area contributed by atoms with E-state index in [-0.39, 0.29) is 5.91 Å². The number of halogens is 3. The third-order valence-electron chi connectivity index (χ3n) is 6.49. The molecule has 1 aliphatic heterocycles. The van der Waals surface area contributed by atoms with Gasteiger partial charge in [-0.1, -0.05) is 12.5 Å². The number of hydrogen-bond donors (Lipinski definition) is 0. The molecule has 4 rings (SSSR count). The highest BCUT2D eigenvalue weighted by molar-refractivity contribution is 5.77. The molecule has 1 saturated heterocycles. The highest BCUT2D eigenvalue weighted by Gasteiger charge is 2.40. The molecular formula is C20H25F3N2O. The first-order valence-electron chi connectivity index (χ1n) is 9.60. The van der Waals surface area contributed by atoms with E-state index in [2.05, 4.69) is 0 Å². The Morgan fingerprint density at radius 3 is 2.46 bits per heavy atom. The maximum atomic E-state index is 12.9. The third-order valence-corrected chi connectivity index (χ3v) is 6.49. The zero-order valence-corrected chi connectivity index (χ0v) is 14.8. The molecule has 26 heavy (non-hydrogen) atoms. The molecule has 2 bridgehead atoms. The Morgan fingerprint density at radius 1 is 1.08 bits per heavy atom. The summed E-state index contributed by atoms with van der Waals surface area (Å²) in [5, 5.41) is 0. The van der Waals surface area contributed by atoms with Crippen LogP contribution in [0.1, 0.15) is 37.7 Å². The minimum atomic E-state index is -4.32. The van der Waals surface area contributed by atoms with Gasteiger partial charge in [-0.3, -0.25) is 4.79 Å². The molecule has 1 amide bonds. The van der Waals surface area contributed by atoms with Crippen molar-refractivity contribution in [3.8, 4) is 0 Å². The van der Waals surface area contributed by atoms with E-state index < -0.39 is 11.7 Å². The summed E-state index contributed by atoms with van der Waals surface area (Å²) in [4.78, 5) is 16.5. The fourth-order valence-electron chi connectivity index (χ4n) is 5.07. The average molecular weight is 366 g/mol. The summed E-state index contributed by atoms with van der Waals surface area (Å²) in [5.74, 6) is 2.37. The highest BCUT2D eigenvalue weighted by Crippen LogP contribution is 2.49. The van der Waals surface area contributed by atoms with Gasteiger partial charge in [0.1, 0.15) is 0 Å². The van der Waals surface area contributed by atoms with Gasteiger partial charge in [-0.25, -0.2) is 0 Å². The monoisotopic (exact) mass is 366 g/mol. The second-order valence-corrected chi connectivity index (χ2v) is 8.05. The number of fused-ring (bicyclic) bond motifs is 2. The summed E-state index contributed by atoms with van der Waals surface area (Å²) in [6.07, 6.45) is 1.47. The van der Waals surface area contributed by atoms with Gasteiger partial charge in [-0.2, -0.15) is 13.2 Å². The first-order valence-corrected chi connectivity index (χ1v) is 9.60. The van der Waals surface area contributed by atoms with Crippen LogP contribution in [0.3, 0.4) is 0 Å². The normalized spacial score (nSPS) is 28.7. The van der Waals surface area contributed by atoms with Gasteiger partial charge in [0.25, 0.3) is 0 Å². The van der Waals surface area contributed by atoms with Crippen molar-refractivity contribution in [3.63, 3.8) is 0 Å². The SMILES string of the molecule is O=C(CC1CC2CCC1C2)N1CCN(c2cccc(C(F)(F)F)c2)CC1. The first-order chi connectivity index (χ1) is 12.4. The Kier molecular flexibility index (Phi) is 4.61. The number of alkyl halides is 3. The van der Waals surface area contributed by atoms with Crippen LogP contribution in [-0.2, 0) is 11.0 Å². The van der Waals surface area contributed by atoms with Crippen molar-refractivity contribution in [2.45, 2.75) is 38.3 Å². The lowest BCUT2D eigenvalue weighted by atomic mass is 9.86. The van der Waals surface area contributed by atoms with Crippen LogP contribution in [0, 0.1) is 17.8 Å². The molecule has 1 aromatic rings. The maximum absolute atomic E-state index is 12.9. The largest absolute Gasteiger partial charge is 0.416 e. The molecule has 3 aliphatic rings. The number of benzene rings is 1. The van der Waals surface area contributed by atoms with E-state index in [9.17, 15) is 18.0 Å². The first kappa shape index (κ1) is 17.7. The van der Waals surface area contributed by atoms with Gasteiger partial charge in [0.05, 0.1) is 5.56 Å². The second kappa shape index (κ2) is 6.78. The molecule has 1 heterocycles. The second-order valence-electron chi connectivity index (χ2n) is 8.05. The van der Waals surface area contributed by atoms with E-state index >= 15 is 0 Å². The number of anilines is 1. The van der Waals surface area contributed by atoms with Gasteiger partial charge in [0.15, 0.2) is 0 Å². The Hall–Kier alpha value is -1.72. The van der Waals surface area contributed by atoms with Gasteiger partial charge < -0.3 is 9.80 Å². The molecule has 6 heteroatoms. The summed E-state index contributed by atoms with van der Waals surface area (Å²) >= 11 is 0. The molecule has 2 saturated carbocycles. The molecule has 1 aromatic carbocycles. The van der Waals surface area contributed by atoms with Crippen molar-refractivity contribution in [2.75, 3.05) is 31.1 Å². The van der Waals surface area contributed by atoms with E-state index in [0.29, 0.717) is 44.2 Å². The Balaban J connectivity index is 1.32. The van der Waals surface area contributed by atoms with Crippen molar-refractivity contribution in [1.82, 2.24) is 4.90 Å². The topological polar surface area (TPSA) is 23.6 Å². The molecule has 3 nitrogen and oxygen atoms in total. The molecule has 0 radical (unpaired) electrons. The van der Waals surface area contributed by atoms with E-state index in [1.807, 2.05) is 9.80 Å². The lowest BCUT2D eigenvalue weighted by Crippen LogP contribution is -2.49. The van der Waals surface area contributed by atoms with Crippen molar-refractivity contribution in [1.29, 1.82) is 0 Å².